The van der Waals surface area contributed by atoms with Crippen LogP contribution in [0.1, 0.15) is 11.1 Å². The molecule has 22 heavy (non-hydrogen) atoms. The van der Waals surface area contributed by atoms with Gasteiger partial charge in [-0.1, -0.05) is 17.7 Å². The van der Waals surface area contributed by atoms with Crippen LogP contribution in [0, 0.1) is 18.3 Å². The topological polar surface area (TPSA) is 93.4 Å². The maximum Gasteiger partial charge on any atom is 0.266 e. The van der Waals surface area contributed by atoms with Crippen LogP contribution >= 0.6 is 0 Å². The molecule has 110 valence electrons. The smallest absolute Gasteiger partial charge is 0.266 e. The van der Waals surface area contributed by atoms with Crippen molar-refractivity contribution in [1.29, 1.82) is 5.26 Å². The number of hydrogen-bond donors (Lipinski definition) is 3. The molecule has 0 aliphatic carbocycles. The normalized spacial score (nSPS) is 10.8. The van der Waals surface area contributed by atoms with Crippen molar-refractivity contribution in [2.24, 2.45) is 0 Å². The fourth-order valence-corrected chi connectivity index (χ4v) is 1.79. The first kappa shape index (κ1) is 15.1. The second-order valence-electron chi connectivity index (χ2n) is 4.73. The second-order valence-corrected chi connectivity index (χ2v) is 4.73. The molecular weight excluding hydrogens is 280 g/mol. The van der Waals surface area contributed by atoms with Crippen LogP contribution in [-0.4, -0.2) is 16.1 Å². The molecule has 5 nitrogen and oxygen atoms in total. The second kappa shape index (κ2) is 6.46. The number of anilines is 1. The number of aromatic hydroxyl groups is 2. The van der Waals surface area contributed by atoms with E-state index in [1.54, 1.807) is 18.2 Å². The van der Waals surface area contributed by atoms with Gasteiger partial charge in [0.25, 0.3) is 5.91 Å². The van der Waals surface area contributed by atoms with E-state index >= 15 is 0 Å². The molecular formula is C17H14N2O3. The van der Waals surface area contributed by atoms with Gasteiger partial charge in [-0.15, -0.1) is 0 Å². The maximum absolute atomic E-state index is 12.1. The minimum atomic E-state index is -0.571. The zero-order valence-corrected chi connectivity index (χ0v) is 11.9. The number of nitrogens with zero attached hydrogens (tertiary/aromatic N) is 1. The number of hydrogen-bond acceptors (Lipinski definition) is 4. The summed E-state index contributed by atoms with van der Waals surface area (Å²) in [6, 6.07) is 12.9. The molecule has 0 radical (unpaired) electrons. The molecule has 0 aliphatic heterocycles. The van der Waals surface area contributed by atoms with E-state index in [9.17, 15) is 15.0 Å². The van der Waals surface area contributed by atoms with Gasteiger partial charge in [-0.3, -0.25) is 4.79 Å². The maximum atomic E-state index is 12.1. The van der Waals surface area contributed by atoms with Gasteiger partial charge < -0.3 is 15.5 Å². The lowest BCUT2D eigenvalue weighted by atomic mass is 10.1. The Labute approximate surface area is 127 Å². The molecule has 0 bridgehead atoms. The van der Waals surface area contributed by atoms with Crippen LogP contribution in [0.3, 0.4) is 0 Å². The van der Waals surface area contributed by atoms with Crippen molar-refractivity contribution in [2.75, 3.05) is 5.32 Å². The third-order valence-electron chi connectivity index (χ3n) is 2.99. The Bertz CT molecular complexity index is 771. The molecule has 3 N–H and O–H groups in total. The zero-order valence-electron chi connectivity index (χ0n) is 11.9. The van der Waals surface area contributed by atoms with Gasteiger partial charge >= 0.3 is 0 Å². The van der Waals surface area contributed by atoms with Crippen LogP contribution in [0.25, 0.3) is 6.08 Å². The average molecular weight is 294 g/mol. The van der Waals surface area contributed by atoms with Crippen molar-refractivity contribution >= 4 is 17.7 Å². The van der Waals surface area contributed by atoms with E-state index in [0.717, 1.165) is 11.6 Å². The van der Waals surface area contributed by atoms with Crippen molar-refractivity contribution in [1.82, 2.24) is 0 Å². The lowest BCUT2D eigenvalue weighted by molar-refractivity contribution is -0.112. The van der Waals surface area contributed by atoms with E-state index in [1.165, 1.54) is 18.2 Å². The summed E-state index contributed by atoms with van der Waals surface area (Å²) in [6.07, 6.45) is 1.26. The van der Waals surface area contributed by atoms with Crippen LogP contribution in [0.5, 0.6) is 11.5 Å². The number of phenols is 2. The number of rotatable bonds is 3. The van der Waals surface area contributed by atoms with Crippen molar-refractivity contribution < 1.29 is 15.0 Å². The molecule has 2 rings (SSSR count). The Kier molecular flexibility index (Phi) is 4.44. The number of amides is 1. The number of nitrogens with one attached hydrogen (secondary N) is 1. The van der Waals surface area contributed by atoms with E-state index in [1.807, 2.05) is 19.1 Å². The standard InChI is InChI=1S/C17H14N2O3/c1-11-2-5-14(6-3-11)19-17(22)13(10-18)8-12-4-7-15(20)9-16(12)21/h2-9,20-21H,1H3,(H,19,22). The Morgan fingerprint density at radius 1 is 1.18 bits per heavy atom. The highest BCUT2D eigenvalue weighted by atomic mass is 16.3. The summed E-state index contributed by atoms with van der Waals surface area (Å²) in [5.41, 5.74) is 1.75. The minimum Gasteiger partial charge on any atom is -0.508 e. The van der Waals surface area contributed by atoms with E-state index < -0.39 is 5.91 Å². The Morgan fingerprint density at radius 2 is 1.86 bits per heavy atom. The summed E-state index contributed by atoms with van der Waals surface area (Å²) in [6.45, 7) is 1.93. The van der Waals surface area contributed by atoms with Crippen LogP contribution in [0.15, 0.2) is 48.0 Å². The Hall–Kier alpha value is -3.26. The summed E-state index contributed by atoms with van der Waals surface area (Å²) in [7, 11) is 0. The highest BCUT2D eigenvalue weighted by Crippen LogP contribution is 2.24. The molecule has 0 heterocycles. The molecule has 5 heteroatoms. The number of carbonyl (C=O) groups is 1. The van der Waals surface area contributed by atoms with Gasteiger partial charge in [0.1, 0.15) is 23.1 Å². The average Bonchev–Trinajstić information content (AvgIpc) is 2.49. The fourth-order valence-electron chi connectivity index (χ4n) is 1.79. The van der Waals surface area contributed by atoms with E-state index in [2.05, 4.69) is 5.32 Å². The third kappa shape index (κ3) is 3.64. The van der Waals surface area contributed by atoms with E-state index in [4.69, 9.17) is 5.26 Å². The van der Waals surface area contributed by atoms with E-state index in [0.29, 0.717) is 5.69 Å². The summed E-state index contributed by atoms with van der Waals surface area (Å²) in [5, 5.41) is 30.6. The predicted octanol–water partition coefficient (Wildman–Crippen LogP) is 2.95. The summed E-state index contributed by atoms with van der Waals surface area (Å²) in [5.74, 6) is -0.882. The molecule has 0 atom stereocenters. The van der Waals surface area contributed by atoms with Gasteiger partial charge in [0, 0.05) is 17.3 Å². The first-order valence-electron chi connectivity index (χ1n) is 6.51. The van der Waals surface area contributed by atoms with Crippen LogP contribution < -0.4 is 5.32 Å². The summed E-state index contributed by atoms with van der Waals surface area (Å²) in [4.78, 5) is 12.1. The largest absolute Gasteiger partial charge is 0.508 e. The van der Waals surface area contributed by atoms with Gasteiger partial charge in [-0.05, 0) is 37.3 Å². The summed E-state index contributed by atoms with van der Waals surface area (Å²) >= 11 is 0. The number of benzene rings is 2. The van der Waals surface area contributed by atoms with Crippen molar-refractivity contribution in [3.63, 3.8) is 0 Å². The fraction of sp³-hybridized carbons (Fsp3) is 0.0588. The quantitative estimate of drug-likeness (QED) is 0.599. The van der Waals surface area contributed by atoms with Crippen LogP contribution in [-0.2, 0) is 4.79 Å². The van der Waals surface area contributed by atoms with Gasteiger partial charge in [-0.2, -0.15) is 5.26 Å². The lowest BCUT2D eigenvalue weighted by Crippen LogP contribution is -2.13. The molecule has 0 aliphatic rings. The first-order valence-corrected chi connectivity index (χ1v) is 6.51. The molecule has 0 saturated heterocycles. The van der Waals surface area contributed by atoms with E-state index in [-0.39, 0.29) is 22.6 Å². The number of carbonyl (C=O) groups excluding carboxylic acids is 1. The molecule has 1 amide bonds. The first-order chi connectivity index (χ1) is 10.5. The minimum absolute atomic E-state index is 0.0998. The molecule has 0 saturated carbocycles. The van der Waals surface area contributed by atoms with Crippen molar-refractivity contribution in [3.8, 4) is 17.6 Å². The predicted molar refractivity (Wildman–Crippen MR) is 83.2 cm³/mol. The zero-order chi connectivity index (χ0) is 16.1. The SMILES string of the molecule is Cc1ccc(NC(=O)C(C#N)=Cc2ccc(O)cc2O)cc1. The van der Waals surface area contributed by atoms with Gasteiger partial charge in [0.15, 0.2) is 0 Å². The summed E-state index contributed by atoms with van der Waals surface area (Å²) < 4.78 is 0. The monoisotopic (exact) mass is 294 g/mol. The highest BCUT2D eigenvalue weighted by Gasteiger charge is 2.11. The van der Waals surface area contributed by atoms with Gasteiger partial charge in [-0.25, -0.2) is 0 Å². The van der Waals surface area contributed by atoms with Crippen LogP contribution in [0.4, 0.5) is 5.69 Å². The lowest BCUT2D eigenvalue weighted by Gasteiger charge is -2.05. The molecule has 0 spiro atoms. The number of phenolic OH excluding ortho intramolecular Hbond substituents is 2. The Balaban J connectivity index is 2.23. The van der Waals surface area contributed by atoms with Gasteiger partial charge in [0.2, 0.25) is 0 Å². The number of nitriles is 1. The van der Waals surface area contributed by atoms with Gasteiger partial charge in [0.05, 0.1) is 0 Å². The van der Waals surface area contributed by atoms with Crippen LogP contribution in [0.2, 0.25) is 0 Å². The Morgan fingerprint density at radius 3 is 2.45 bits per heavy atom. The molecule has 2 aromatic rings. The molecule has 0 unspecified atom stereocenters. The number of aryl methyl sites for hydroxylation is 1. The molecule has 0 aromatic heterocycles. The molecule has 2 aromatic carbocycles. The highest BCUT2D eigenvalue weighted by molar-refractivity contribution is 6.09. The van der Waals surface area contributed by atoms with Crippen molar-refractivity contribution in [3.05, 3.63) is 59.2 Å². The van der Waals surface area contributed by atoms with Crippen molar-refractivity contribution in [2.45, 2.75) is 6.92 Å². The third-order valence-corrected chi connectivity index (χ3v) is 2.99. The molecule has 0 fully saturated rings.